The van der Waals surface area contributed by atoms with Crippen LogP contribution in [0.1, 0.15) is 17.7 Å². The number of aliphatic hydroxyl groups is 1. The third kappa shape index (κ3) is 2.92. The number of benzene rings is 1. The lowest BCUT2D eigenvalue weighted by molar-refractivity contribution is -0.141. The Bertz CT molecular complexity index is 571. The van der Waals surface area contributed by atoms with Crippen LogP contribution < -0.4 is 0 Å². The van der Waals surface area contributed by atoms with Crippen molar-refractivity contribution in [2.45, 2.75) is 12.0 Å². The minimum absolute atomic E-state index is 0.291. The van der Waals surface area contributed by atoms with Crippen LogP contribution in [-0.4, -0.2) is 21.2 Å². The molecule has 1 unspecified atom stereocenters. The van der Waals surface area contributed by atoms with Crippen molar-refractivity contribution >= 4 is 17.6 Å². The monoisotopic (exact) mass is 277 g/mol. The number of carbonyl (C=O) groups is 1. The Kier molecular flexibility index (Phi) is 3.83. The molecule has 1 heterocycles. The molecule has 2 aromatic rings. The average molecular weight is 278 g/mol. The van der Waals surface area contributed by atoms with Gasteiger partial charge in [-0.05, 0) is 29.8 Å². The third-order valence-corrected chi connectivity index (χ3v) is 3.07. The van der Waals surface area contributed by atoms with Gasteiger partial charge in [-0.15, -0.1) is 0 Å². The van der Waals surface area contributed by atoms with Gasteiger partial charge in [-0.3, -0.25) is 9.78 Å². The van der Waals surface area contributed by atoms with Crippen molar-refractivity contribution in [3.05, 3.63) is 64.9 Å². The standard InChI is InChI=1S/C14H12ClNO3/c15-11-6-4-10(5-7-11)14(19,9-13(17)18)12-3-1-2-8-16-12/h1-8,19H,9H2,(H,17,18). The highest BCUT2D eigenvalue weighted by Crippen LogP contribution is 2.32. The molecule has 0 amide bonds. The molecule has 1 aromatic carbocycles. The van der Waals surface area contributed by atoms with Crippen LogP contribution in [0.3, 0.4) is 0 Å². The van der Waals surface area contributed by atoms with E-state index in [9.17, 15) is 9.90 Å². The van der Waals surface area contributed by atoms with Crippen LogP contribution in [0.25, 0.3) is 0 Å². The summed E-state index contributed by atoms with van der Waals surface area (Å²) in [7, 11) is 0. The summed E-state index contributed by atoms with van der Waals surface area (Å²) in [5.74, 6) is -1.11. The van der Waals surface area contributed by atoms with Crippen LogP contribution in [0.15, 0.2) is 48.7 Å². The quantitative estimate of drug-likeness (QED) is 0.900. The van der Waals surface area contributed by atoms with Crippen molar-refractivity contribution in [1.82, 2.24) is 4.98 Å². The minimum atomic E-state index is -1.67. The van der Waals surface area contributed by atoms with Crippen LogP contribution >= 0.6 is 11.6 Å². The molecule has 1 atom stereocenters. The zero-order valence-corrected chi connectivity index (χ0v) is 10.7. The number of hydrogen-bond donors (Lipinski definition) is 2. The van der Waals surface area contributed by atoms with Crippen molar-refractivity contribution in [3.63, 3.8) is 0 Å². The zero-order valence-electron chi connectivity index (χ0n) is 9.95. The average Bonchev–Trinajstić information content (AvgIpc) is 2.39. The summed E-state index contributed by atoms with van der Waals surface area (Å²) in [5, 5.41) is 20.3. The van der Waals surface area contributed by atoms with E-state index in [0.29, 0.717) is 16.3 Å². The Hall–Kier alpha value is -1.91. The van der Waals surface area contributed by atoms with E-state index < -0.39 is 18.0 Å². The Morgan fingerprint density at radius 2 is 1.89 bits per heavy atom. The summed E-state index contributed by atoms with van der Waals surface area (Å²) in [6.45, 7) is 0. The molecule has 0 saturated heterocycles. The first-order valence-corrected chi connectivity index (χ1v) is 6.02. The SMILES string of the molecule is O=C(O)CC(O)(c1ccc(Cl)cc1)c1ccccn1. The molecule has 0 aliphatic carbocycles. The molecule has 0 bridgehead atoms. The fraction of sp³-hybridized carbons (Fsp3) is 0.143. The molecular formula is C14H12ClNO3. The van der Waals surface area contributed by atoms with Crippen molar-refractivity contribution in [2.24, 2.45) is 0 Å². The maximum absolute atomic E-state index is 11.0. The van der Waals surface area contributed by atoms with Crippen LogP contribution in [0, 0.1) is 0 Å². The summed E-state index contributed by atoms with van der Waals surface area (Å²) in [6.07, 6.45) is 1.05. The Morgan fingerprint density at radius 3 is 2.42 bits per heavy atom. The van der Waals surface area contributed by atoms with Gasteiger partial charge in [0.05, 0.1) is 12.1 Å². The smallest absolute Gasteiger partial charge is 0.307 e. The maximum Gasteiger partial charge on any atom is 0.307 e. The van der Waals surface area contributed by atoms with Gasteiger partial charge in [0.2, 0.25) is 0 Å². The zero-order chi connectivity index (χ0) is 13.9. The van der Waals surface area contributed by atoms with Gasteiger partial charge in [-0.2, -0.15) is 0 Å². The van der Waals surface area contributed by atoms with Crippen molar-refractivity contribution in [1.29, 1.82) is 0 Å². The number of aliphatic carboxylic acids is 1. The lowest BCUT2D eigenvalue weighted by atomic mass is 9.87. The van der Waals surface area contributed by atoms with Gasteiger partial charge in [0.1, 0.15) is 5.60 Å². The van der Waals surface area contributed by atoms with Gasteiger partial charge in [-0.1, -0.05) is 29.8 Å². The molecule has 0 spiro atoms. The number of rotatable bonds is 4. The molecule has 0 aliphatic heterocycles. The summed E-state index contributed by atoms with van der Waals surface area (Å²) in [6, 6.07) is 11.4. The molecule has 0 radical (unpaired) electrons. The first kappa shape index (κ1) is 13.5. The number of nitrogens with zero attached hydrogens (tertiary/aromatic N) is 1. The fourth-order valence-corrected chi connectivity index (χ4v) is 2.02. The topological polar surface area (TPSA) is 70.4 Å². The molecule has 5 heteroatoms. The highest BCUT2D eigenvalue weighted by atomic mass is 35.5. The second kappa shape index (κ2) is 5.38. The molecule has 98 valence electrons. The van der Waals surface area contributed by atoms with E-state index in [-0.39, 0.29) is 0 Å². The Labute approximate surface area is 115 Å². The first-order valence-electron chi connectivity index (χ1n) is 5.64. The molecule has 4 nitrogen and oxygen atoms in total. The van der Waals surface area contributed by atoms with Crippen molar-refractivity contribution < 1.29 is 15.0 Å². The molecule has 0 saturated carbocycles. The predicted octanol–water partition coefficient (Wildman–Crippen LogP) is 2.45. The van der Waals surface area contributed by atoms with E-state index in [1.807, 2.05) is 0 Å². The van der Waals surface area contributed by atoms with Gasteiger partial charge in [0.15, 0.2) is 0 Å². The predicted molar refractivity (Wildman–Crippen MR) is 70.9 cm³/mol. The Morgan fingerprint density at radius 1 is 1.21 bits per heavy atom. The molecule has 1 aromatic heterocycles. The van der Waals surface area contributed by atoms with Gasteiger partial charge in [0, 0.05) is 11.2 Å². The van der Waals surface area contributed by atoms with Gasteiger partial charge in [0.25, 0.3) is 0 Å². The van der Waals surface area contributed by atoms with Crippen LogP contribution in [0.4, 0.5) is 0 Å². The molecular weight excluding hydrogens is 266 g/mol. The van der Waals surface area contributed by atoms with E-state index in [2.05, 4.69) is 4.98 Å². The third-order valence-electron chi connectivity index (χ3n) is 2.82. The van der Waals surface area contributed by atoms with Crippen LogP contribution in [-0.2, 0) is 10.4 Å². The van der Waals surface area contributed by atoms with E-state index in [1.165, 1.54) is 6.20 Å². The van der Waals surface area contributed by atoms with Crippen molar-refractivity contribution in [2.75, 3.05) is 0 Å². The number of carboxylic acids is 1. The highest BCUT2D eigenvalue weighted by Gasteiger charge is 2.35. The second-order valence-corrected chi connectivity index (χ2v) is 4.59. The molecule has 2 N–H and O–H groups in total. The summed E-state index contributed by atoms with van der Waals surface area (Å²) >= 11 is 5.80. The van der Waals surface area contributed by atoms with E-state index in [0.717, 1.165) is 0 Å². The molecule has 2 rings (SSSR count). The van der Waals surface area contributed by atoms with Crippen molar-refractivity contribution in [3.8, 4) is 0 Å². The number of halogens is 1. The lowest BCUT2D eigenvalue weighted by Gasteiger charge is -2.26. The normalized spacial score (nSPS) is 13.8. The van der Waals surface area contributed by atoms with Gasteiger partial charge < -0.3 is 10.2 Å². The fourth-order valence-electron chi connectivity index (χ4n) is 1.89. The number of hydrogen-bond acceptors (Lipinski definition) is 3. The minimum Gasteiger partial charge on any atom is -0.481 e. The first-order chi connectivity index (χ1) is 9.02. The van der Waals surface area contributed by atoms with Crippen LogP contribution in [0.2, 0.25) is 5.02 Å². The largest absolute Gasteiger partial charge is 0.481 e. The van der Waals surface area contributed by atoms with E-state index in [1.54, 1.807) is 42.5 Å². The Balaban J connectivity index is 2.51. The number of pyridine rings is 1. The summed E-state index contributed by atoms with van der Waals surface area (Å²) in [4.78, 5) is 15.1. The molecule has 0 fully saturated rings. The molecule has 0 aliphatic rings. The maximum atomic E-state index is 11.0. The second-order valence-electron chi connectivity index (χ2n) is 4.15. The number of aromatic nitrogens is 1. The highest BCUT2D eigenvalue weighted by molar-refractivity contribution is 6.30. The summed E-state index contributed by atoms with van der Waals surface area (Å²) in [5.41, 5.74) is -0.935. The van der Waals surface area contributed by atoms with Gasteiger partial charge in [-0.25, -0.2) is 0 Å². The lowest BCUT2D eigenvalue weighted by Crippen LogP contribution is -2.31. The van der Waals surface area contributed by atoms with Crippen LogP contribution in [0.5, 0.6) is 0 Å². The summed E-state index contributed by atoms with van der Waals surface area (Å²) < 4.78 is 0. The van der Waals surface area contributed by atoms with Gasteiger partial charge >= 0.3 is 5.97 Å². The number of carboxylic acid groups (broad SMARTS) is 1. The van der Waals surface area contributed by atoms with E-state index in [4.69, 9.17) is 16.7 Å². The molecule has 19 heavy (non-hydrogen) atoms. The van der Waals surface area contributed by atoms with E-state index >= 15 is 0 Å².